The Kier molecular flexibility index (Phi) is 3.74. The number of amides is 1. The van der Waals surface area contributed by atoms with E-state index in [2.05, 4.69) is 5.32 Å². The van der Waals surface area contributed by atoms with E-state index in [1.54, 1.807) is 19.9 Å². The number of carbonyl (C=O) groups excluding carboxylic acids is 1. The molecule has 7 heteroatoms. The zero-order chi connectivity index (χ0) is 16.1. The summed E-state index contributed by atoms with van der Waals surface area (Å²) in [5, 5.41) is 8.60. The molecule has 2 saturated heterocycles. The normalized spacial score (nSPS) is 24.6. The van der Waals surface area contributed by atoms with Gasteiger partial charge in [0.05, 0.1) is 4.90 Å². The summed E-state index contributed by atoms with van der Waals surface area (Å²) in [7, 11) is -3.83. The molecule has 0 spiro atoms. The molecule has 2 aliphatic heterocycles. The molecule has 0 radical (unpaired) electrons. The number of nitrogens with one attached hydrogen (secondary N) is 1. The van der Waals surface area contributed by atoms with Gasteiger partial charge < -0.3 is 10.2 Å². The number of sulfonamides is 1. The van der Waals surface area contributed by atoms with Crippen molar-refractivity contribution in [3.8, 4) is 0 Å². The highest BCUT2D eigenvalue weighted by Gasteiger charge is 2.38. The number of nitrogens with two attached hydrogens (primary N) is 1. The molecule has 120 valence electrons. The van der Waals surface area contributed by atoms with Crippen LogP contribution in [0.1, 0.15) is 21.5 Å². The van der Waals surface area contributed by atoms with Crippen molar-refractivity contribution in [1.29, 1.82) is 0 Å². The topological polar surface area (TPSA) is 92.5 Å². The minimum atomic E-state index is -3.83. The van der Waals surface area contributed by atoms with Crippen LogP contribution >= 0.6 is 0 Å². The Balaban J connectivity index is 1.92. The van der Waals surface area contributed by atoms with Crippen molar-refractivity contribution in [2.45, 2.75) is 18.7 Å². The summed E-state index contributed by atoms with van der Waals surface area (Å²) in [6.45, 7) is 6.86. The Bertz CT molecular complexity index is 718. The van der Waals surface area contributed by atoms with Crippen LogP contribution in [0.2, 0.25) is 0 Å². The average molecular weight is 323 g/mol. The van der Waals surface area contributed by atoms with Gasteiger partial charge in [0.2, 0.25) is 10.0 Å². The summed E-state index contributed by atoms with van der Waals surface area (Å²) in [5.74, 6) is 0.906. The molecule has 2 fully saturated rings. The van der Waals surface area contributed by atoms with Gasteiger partial charge in [-0.05, 0) is 48.9 Å². The van der Waals surface area contributed by atoms with Crippen molar-refractivity contribution in [2.24, 2.45) is 17.0 Å². The third kappa shape index (κ3) is 2.64. The summed E-state index contributed by atoms with van der Waals surface area (Å²) in [6, 6.07) is 3.16. The van der Waals surface area contributed by atoms with Crippen LogP contribution in [0.4, 0.5) is 0 Å². The van der Waals surface area contributed by atoms with Crippen molar-refractivity contribution >= 4 is 15.9 Å². The summed E-state index contributed by atoms with van der Waals surface area (Å²) in [6.07, 6.45) is 0. The third-order valence-corrected chi connectivity index (χ3v) is 5.89. The third-order valence-electron chi connectivity index (χ3n) is 4.85. The molecular formula is C15H21N3O3S. The highest BCUT2D eigenvalue weighted by molar-refractivity contribution is 7.89. The van der Waals surface area contributed by atoms with Gasteiger partial charge in [-0.25, -0.2) is 13.6 Å². The van der Waals surface area contributed by atoms with E-state index in [1.807, 2.05) is 4.90 Å². The number of hydrogen-bond acceptors (Lipinski definition) is 4. The quantitative estimate of drug-likeness (QED) is 0.815. The maximum absolute atomic E-state index is 12.7. The maximum atomic E-state index is 12.7. The number of nitrogens with zero attached hydrogens (tertiary/aromatic N) is 1. The van der Waals surface area contributed by atoms with Crippen LogP contribution in [0, 0.1) is 25.7 Å². The lowest BCUT2D eigenvalue weighted by Crippen LogP contribution is -2.32. The zero-order valence-corrected chi connectivity index (χ0v) is 13.6. The van der Waals surface area contributed by atoms with Crippen LogP contribution < -0.4 is 10.5 Å². The molecule has 1 aromatic rings. The van der Waals surface area contributed by atoms with Gasteiger partial charge in [0.1, 0.15) is 0 Å². The van der Waals surface area contributed by atoms with Crippen molar-refractivity contribution in [3.63, 3.8) is 0 Å². The Hall–Kier alpha value is -1.44. The Labute approximate surface area is 130 Å². The largest absolute Gasteiger partial charge is 0.338 e. The number of likely N-dealkylation sites (tertiary alicyclic amines) is 1. The second-order valence-electron chi connectivity index (χ2n) is 6.35. The van der Waals surface area contributed by atoms with Crippen LogP contribution in [0.5, 0.6) is 0 Å². The summed E-state index contributed by atoms with van der Waals surface area (Å²) in [5.41, 5.74) is 1.76. The summed E-state index contributed by atoms with van der Waals surface area (Å²) >= 11 is 0. The van der Waals surface area contributed by atoms with Gasteiger partial charge in [0, 0.05) is 31.7 Å². The Morgan fingerprint density at radius 2 is 1.82 bits per heavy atom. The van der Waals surface area contributed by atoms with Crippen molar-refractivity contribution in [2.75, 3.05) is 26.2 Å². The van der Waals surface area contributed by atoms with Gasteiger partial charge in [0.15, 0.2) is 0 Å². The predicted octanol–water partition coefficient (Wildman–Crippen LogP) is 0.242. The molecule has 2 atom stereocenters. The first-order valence-electron chi connectivity index (χ1n) is 7.41. The van der Waals surface area contributed by atoms with E-state index in [0.29, 0.717) is 23.0 Å². The fourth-order valence-corrected chi connectivity index (χ4v) is 4.33. The van der Waals surface area contributed by atoms with Gasteiger partial charge in [-0.1, -0.05) is 0 Å². The number of primary sulfonamides is 1. The van der Waals surface area contributed by atoms with Crippen LogP contribution in [-0.4, -0.2) is 45.4 Å². The zero-order valence-electron chi connectivity index (χ0n) is 12.8. The van der Waals surface area contributed by atoms with Gasteiger partial charge in [-0.3, -0.25) is 4.79 Å². The highest BCUT2D eigenvalue weighted by atomic mass is 32.2. The van der Waals surface area contributed by atoms with Crippen molar-refractivity contribution < 1.29 is 13.2 Å². The lowest BCUT2D eigenvalue weighted by molar-refractivity contribution is 0.0781. The predicted molar refractivity (Wildman–Crippen MR) is 83.0 cm³/mol. The van der Waals surface area contributed by atoms with Crippen molar-refractivity contribution in [1.82, 2.24) is 10.2 Å². The lowest BCUT2D eigenvalue weighted by atomic mass is 10.0. The van der Waals surface area contributed by atoms with E-state index in [-0.39, 0.29) is 10.8 Å². The minimum Gasteiger partial charge on any atom is -0.338 e. The summed E-state index contributed by atoms with van der Waals surface area (Å²) in [4.78, 5) is 14.6. The molecule has 3 rings (SSSR count). The molecule has 2 aliphatic rings. The fourth-order valence-electron chi connectivity index (χ4n) is 3.45. The molecule has 6 nitrogen and oxygen atoms in total. The Morgan fingerprint density at radius 3 is 2.36 bits per heavy atom. The van der Waals surface area contributed by atoms with Crippen molar-refractivity contribution in [3.05, 3.63) is 28.8 Å². The number of aryl methyl sites for hydroxylation is 1. The number of hydrogen-bond donors (Lipinski definition) is 2. The second kappa shape index (κ2) is 5.33. The molecule has 2 heterocycles. The van der Waals surface area contributed by atoms with Gasteiger partial charge in [0.25, 0.3) is 5.91 Å². The average Bonchev–Trinajstić information content (AvgIpc) is 3.00. The van der Waals surface area contributed by atoms with E-state index in [9.17, 15) is 13.2 Å². The van der Waals surface area contributed by atoms with Gasteiger partial charge >= 0.3 is 0 Å². The van der Waals surface area contributed by atoms with E-state index < -0.39 is 10.0 Å². The molecule has 0 aromatic heterocycles. The standard InChI is InChI=1S/C15H21N3O3S/c1-9-3-11(4-14(10(9)2)22(16,20)21)15(19)18-7-12-5-17-6-13(12)8-18/h3-4,12-13,17H,5-8H2,1-2H3,(H2,16,20,21)/t12-,13+. The Morgan fingerprint density at radius 1 is 1.23 bits per heavy atom. The first kappa shape index (κ1) is 15.5. The number of benzene rings is 1. The summed E-state index contributed by atoms with van der Waals surface area (Å²) < 4.78 is 23.4. The molecule has 0 saturated carbocycles. The fraction of sp³-hybridized carbons (Fsp3) is 0.533. The molecule has 0 bridgehead atoms. The van der Waals surface area contributed by atoms with Gasteiger partial charge in [-0.15, -0.1) is 0 Å². The number of rotatable bonds is 2. The lowest BCUT2D eigenvalue weighted by Gasteiger charge is -2.19. The van der Waals surface area contributed by atoms with Crippen LogP contribution in [0.3, 0.4) is 0 Å². The van der Waals surface area contributed by atoms with E-state index in [4.69, 9.17) is 5.14 Å². The molecule has 0 unspecified atom stereocenters. The van der Waals surface area contributed by atoms with Crippen LogP contribution in [-0.2, 0) is 10.0 Å². The molecule has 1 aromatic carbocycles. The monoisotopic (exact) mass is 323 g/mol. The SMILES string of the molecule is Cc1cc(C(=O)N2C[C@H]3CNC[C@H]3C2)cc(S(N)(=O)=O)c1C. The van der Waals surface area contributed by atoms with Crippen LogP contribution in [0.15, 0.2) is 17.0 Å². The van der Waals surface area contributed by atoms with Crippen LogP contribution in [0.25, 0.3) is 0 Å². The molecule has 3 N–H and O–H groups in total. The van der Waals surface area contributed by atoms with Gasteiger partial charge in [-0.2, -0.15) is 0 Å². The molecule has 1 amide bonds. The molecule has 0 aliphatic carbocycles. The smallest absolute Gasteiger partial charge is 0.253 e. The number of fused-ring (bicyclic) bond motifs is 1. The second-order valence-corrected chi connectivity index (χ2v) is 7.88. The number of carbonyl (C=O) groups is 1. The molecular weight excluding hydrogens is 302 g/mol. The van der Waals surface area contributed by atoms with E-state index in [1.165, 1.54) is 6.07 Å². The van der Waals surface area contributed by atoms with E-state index in [0.717, 1.165) is 31.7 Å². The van der Waals surface area contributed by atoms with E-state index >= 15 is 0 Å². The first-order valence-corrected chi connectivity index (χ1v) is 8.96. The highest BCUT2D eigenvalue weighted by Crippen LogP contribution is 2.28. The maximum Gasteiger partial charge on any atom is 0.253 e. The first-order chi connectivity index (χ1) is 10.3. The minimum absolute atomic E-state index is 0.0388. The molecule has 22 heavy (non-hydrogen) atoms.